The van der Waals surface area contributed by atoms with Crippen LogP contribution in [0.2, 0.25) is 0 Å². The lowest BCUT2D eigenvalue weighted by Gasteiger charge is -2.20. The Balaban J connectivity index is 2.22. The lowest BCUT2D eigenvalue weighted by molar-refractivity contribution is 0.259. The van der Waals surface area contributed by atoms with Crippen LogP contribution in [0.4, 0.5) is 0 Å². The van der Waals surface area contributed by atoms with E-state index in [9.17, 15) is 5.26 Å². The fraction of sp³-hybridized carbons (Fsp3) is 0.0870. The molecule has 0 fully saturated rings. The molecule has 32 heavy (non-hydrogen) atoms. The van der Waals surface area contributed by atoms with Crippen molar-refractivity contribution in [1.82, 2.24) is 10.5 Å². The zero-order valence-corrected chi connectivity index (χ0v) is 19.0. The van der Waals surface area contributed by atoms with Crippen LogP contribution in [0.5, 0.6) is 5.88 Å². The summed E-state index contributed by atoms with van der Waals surface area (Å²) in [7, 11) is 0. The molecule has 1 atom stereocenters. The normalized spacial score (nSPS) is 12.7. The number of nitrogens with one attached hydrogen (secondary N) is 1. The van der Waals surface area contributed by atoms with Gasteiger partial charge in [-0.05, 0) is 29.8 Å². The first-order valence-electron chi connectivity index (χ1n) is 9.49. The van der Waals surface area contributed by atoms with Crippen LogP contribution in [0.1, 0.15) is 22.9 Å². The van der Waals surface area contributed by atoms with Crippen LogP contribution in [0.15, 0.2) is 77.7 Å². The van der Waals surface area contributed by atoms with Crippen LogP contribution in [0.3, 0.4) is 0 Å². The molecule has 0 aliphatic heterocycles. The highest BCUT2D eigenvalue weighted by molar-refractivity contribution is 8.07. The Bertz CT molecular complexity index is 1170. The van der Waals surface area contributed by atoms with E-state index in [0.29, 0.717) is 11.3 Å². The highest BCUT2D eigenvalue weighted by atomic mass is 32.2. The van der Waals surface area contributed by atoms with Gasteiger partial charge in [0.2, 0.25) is 5.88 Å². The smallest absolute Gasteiger partial charge is 0.234 e. The molecule has 0 radical (unpaired) electrons. The number of hydrazone groups is 1. The molecule has 5 N–H and O–H groups in total. The number of benzene rings is 1. The average Bonchev–Trinajstić information content (AvgIpc) is 3.36. The number of thioether (sulfide) groups is 1. The van der Waals surface area contributed by atoms with Gasteiger partial charge >= 0.3 is 0 Å². The Morgan fingerprint density at radius 1 is 1.34 bits per heavy atom. The van der Waals surface area contributed by atoms with E-state index in [1.54, 1.807) is 6.08 Å². The van der Waals surface area contributed by atoms with E-state index in [4.69, 9.17) is 16.3 Å². The Labute approximate surface area is 195 Å². The number of thiophene rings is 1. The van der Waals surface area contributed by atoms with Crippen molar-refractivity contribution in [2.45, 2.75) is 6.10 Å². The number of nitrogens with zero attached hydrogens (tertiary/aromatic N) is 3. The van der Waals surface area contributed by atoms with Gasteiger partial charge in [-0.1, -0.05) is 49.1 Å². The third-order valence-corrected chi connectivity index (χ3v) is 6.11. The van der Waals surface area contributed by atoms with Crippen LogP contribution in [0.25, 0.3) is 15.3 Å². The van der Waals surface area contributed by atoms with Crippen molar-refractivity contribution >= 4 is 33.8 Å². The molecule has 1 unspecified atom stereocenters. The first-order valence-corrected chi connectivity index (χ1v) is 11.6. The fourth-order valence-electron chi connectivity index (χ4n) is 3.00. The zero-order valence-electron chi connectivity index (χ0n) is 17.4. The molecule has 0 amide bonds. The lowest BCUT2D eigenvalue weighted by Crippen LogP contribution is -2.31. The van der Waals surface area contributed by atoms with Crippen LogP contribution in [0, 0.1) is 11.3 Å². The number of ether oxygens (including phenoxy) is 1. The predicted octanol–water partition coefficient (Wildman–Crippen LogP) is 4.43. The van der Waals surface area contributed by atoms with Crippen molar-refractivity contribution < 1.29 is 4.74 Å². The van der Waals surface area contributed by atoms with Crippen molar-refractivity contribution in [1.29, 1.82) is 5.26 Å². The van der Waals surface area contributed by atoms with Gasteiger partial charge < -0.3 is 10.5 Å². The van der Waals surface area contributed by atoms with E-state index in [0.717, 1.165) is 20.9 Å². The van der Waals surface area contributed by atoms with E-state index in [2.05, 4.69) is 28.3 Å². The van der Waals surface area contributed by atoms with Gasteiger partial charge in [0, 0.05) is 20.9 Å². The molecule has 3 rings (SSSR count). The van der Waals surface area contributed by atoms with Crippen LogP contribution >= 0.6 is 23.1 Å². The predicted molar refractivity (Wildman–Crippen MR) is 133 cm³/mol. The minimum Gasteiger partial charge on any atom is -0.460 e. The number of hydrazine groups is 1. The van der Waals surface area contributed by atoms with E-state index in [1.807, 2.05) is 66.2 Å². The highest BCUT2D eigenvalue weighted by Crippen LogP contribution is 2.37. The molecule has 0 bridgehead atoms. The Hall–Kier alpha value is -3.58. The first-order chi connectivity index (χ1) is 15.6. The third-order valence-electron chi connectivity index (χ3n) is 4.42. The molecule has 0 saturated carbocycles. The molecule has 9 heteroatoms. The van der Waals surface area contributed by atoms with E-state index in [-0.39, 0.29) is 11.7 Å². The molecule has 7 nitrogen and oxygen atoms in total. The van der Waals surface area contributed by atoms with Crippen molar-refractivity contribution in [2.75, 3.05) is 6.26 Å². The zero-order chi connectivity index (χ0) is 22.9. The molecular formula is C23H22N6OS2. The molecule has 2 heterocycles. The topological polar surface area (TPSA) is 122 Å². The molecule has 162 valence electrons. The number of hydrogen-bond donors (Lipinski definition) is 3. The molecular weight excluding hydrogens is 440 g/mol. The van der Waals surface area contributed by atoms with Crippen LogP contribution in [-0.4, -0.2) is 17.1 Å². The van der Waals surface area contributed by atoms with Crippen molar-refractivity contribution in [3.05, 3.63) is 89.5 Å². The van der Waals surface area contributed by atoms with Crippen molar-refractivity contribution in [3.8, 4) is 22.4 Å². The molecule has 0 aliphatic carbocycles. The molecule has 2 aromatic heterocycles. The third kappa shape index (κ3) is 5.18. The van der Waals surface area contributed by atoms with E-state index in [1.165, 1.54) is 23.1 Å². The minimum absolute atomic E-state index is 0.0965. The van der Waals surface area contributed by atoms with Gasteiger partial charge in [0.25, 0.3) is 0 Å². The van der Waals surface area contributed by atoms with Crippen LogP contribution < -0.4 is 21.8 Å². The second kappa shape index (κ2) is 11.2. The summed E-state index contributed by atoms with van der Waals surface area (Å²) in [5.41, 5.74) is 10.8. The lowest BCUT2D eigenvalue weighted by atomic mass is 10.1. The quantitative estimate of drug-likeness (QED) is 0.141. The van der Waals surface area contributed by atoms with Gasteiger partial charge in [-0.2, -0.15) is 5.26 Å². The van der Waals surface area contributed by atoms with Gasteiger partial charge in [0.05, 0.1) is 5.69 Å². The number of nitrogens with two attached hydrogens (primary N) is 2. The summed E-state index contributed by atoms with van der Waals surface area (Å²) in [6.45, 7) is 3.78. The van der Waals surface area contributed by atoms with Crippen molar-refractivity contribution in [3.63, 3.8) is 0 Å². The number of aromatic nitrogens is 1. The number of nitriles is 1. The molecule has 0 saturated heterocycles. The average molecular weight is 463 g/mol. The van der Waals surface area contributed by atoms with Gasteiger partial charge in [0.1, 0.15) is 11.6 Å². The van der Waals surface area contributed by atoms with Gasteiger partial charge in [-0.3, -0.25) is 0 Å². The van der Waals surface area contributed by atoms with Gasteiger partial charge in [-0.25, -0.2) is 16.4 Å². The largest absolute Gasteiger partial charge is 0.460 e. The molecule has 0 spiro atoms. The van der Waals surface area contributed by atoms with Crippen LogP contribution in [-0.2, 0) is 0 Å². The summed E-state index contributed by atoms with van der Waals surface area (Å²) in [4.78, 5) is 6.48. The maximum Gasteiger partial charge on any atom is 0.234 e. The van der Waals surface area contributed by atoms with E-state index < -0.39 is 6.10 Å². The fourth-order valence-corrected chi connectivity index (χ4v) is 4.30. The maximum atomic E-state index is 10.0. The first kappa shape index (κ1) is 23.1. The Morgan fingerprint density at radius 2 is 2.12 bits per heavy atom. The van der Waals surface area contributed by atoms with Gasteiger partial charge in [0.15, 0.2) is 11.9 Å². The highest BCUT2D eigenvalue weighted by Gasteiger charge is 2.24. The summed E-state index contributed by atoms with van der Waals surface area (Å²) in [5.74, 6) is 5.59. The Morgan fingerprint density at radius 3 is 2.72 bits per heavy atom. The summed E-state index contributed by atoms with van der Waals surface area (Å²) < 4.78 is 6.25. The Kier molecular flexibility index (Phi) is 8.05. The number of rotatable bonds is 9. The molecule has 1 aromatic carbocycles. The van der Waals surface area contributed by atoms with Gasteiger partial charge in [-0.15, -0.1) is 28.2 Å². The van der Waals surface area contributed by atoms with E-state index >= 15 is 0 Å². The van der Waals surface area contributed by atoms with Crippen molar-refractivity contribution in [2.24, 2.45) is 16.7 Å². The number of hydrogen-bond acceptors (Lipinski definition) is 8. The number of amidine groups is 1. The monoisotopic (exact) mass is 462 g/mol. The number of pyridine rings is 1. The standard InChI is InChI=1S/C23H22N6OS2/c1-3-8-20(31-2)18-13-16(19-11-7-12-32-19)17(14-24)23(27-18)30-21(22(25)28-29-26)15-9-5-4-6-10-15/h3-13,21,29H,1,26H2,2H3,(H2,25,28)/b20-8-. The summed E-state index contributed by atoms with van der Waals surface area (Å²) in [6, 6.07) is 17.3. The molecule has 3 aromatic rings. The summed E-state index contributed by atoms with van der Waals surface area (Å²) >= 11 is 3.05. The number of allylic oxidation sites excluding steroid dienone is 2. The summed E-state index contributed by atoms with van der Waals surface area (Å²) in [6.07, 6.45) is 4.70. The minimum atomic E-state index is -0.806. The second-order valence-corrected chi connectivity index (χ2v) is 8.17. The SMILES string of the molecule is C=C/C=C(\SC)c1cc(-c2cccs2)c(C#N)c(OC(/C(N)=N/NN)c2ccccc2)n1. The molecule has 0 aliphatic rings. The maximum absolute atomic E-state index is 10.0. The second-order valence-electron chi connectivity index (χ2n) is 6.37. The summed E-state index contributed by atoms with van der Waals surface area (Å²) in [5, 5.41) is 15.9.